The van der Waals surface area contributed by atoms with E-state index in [0.29, 0.717) is 5.92 Å². The second-order valence-electron chi connectivity index (χ2n) is 6.08. The van der Waals surface area contributed by atoms with Crippen molar-refractivity contribution in [3.63, 3.8) is 0 Å². The molecule has 0 saturated carbocycles. The molecule has 0 aliphatic rings. The molecule has 0 aromatic heterocycles. The summed E-state index contributed by atoms with van der Waals surface area (Å²) in [5.74, 6) is 2.47. The van der Waals surface area contributed by atoms with Gasteiger partial charge >= 0.3 is 0 Å². The predicted molar refractivity (Wildman–Crippen MR) is 105 cm³/mol. The number of anilines is 1. The second-order valence-corrected chi connectivity index (χ2v) is 7.14. The van der Waals surface area contributed by atoms with Gasteiger partial charge in [-0.1, -0.05) is 31.2 Å². The zero-order valence-corrected chi connectivity index (χ0v) is 15.9. The molecule has 0 aliphatic carbocycles. The monoisotopic (exact) mass is 358 g/mol. The highest BCUT2D eigenvalue weighted by atomic mass is 32.2. The third kappa shape index (κ3) is 6.80. The van der Waals surface area contributed by atoms with Gasteiger partial charge in [0, 0.05) is 29.8 Å². The molecule has 1 amide bonds. The van der Waals surface area contributed by atoms with Crippen molar-refractivity contribution in [1.82, 2.24) is 5.32 Å². The summed E-state index contributed by atoms with van der Waals surface area (Å²) >= 11 is 1.83. The average Bonchev–Trinajstić information content (AvgIpc) is 2.61. The summed E-state index contributed by atoms with van der Waals surface area (Å²) in [5.41, 5.74) is 2.04. The predicted octanol–water partition coefficient (Wildman–Crippen LogP) is 4.17. The maximum absolute atomic E-state index is 11.0. The summed E-state index contributed by atoms with van der Waals surface area (Å²) in [7, 11) is 1.71. The van der Waals surface area contributed by atoms with Crippen LogP contribution in [-0.2, 0) is 11.3 Å². The number of amides is 1. The Hall–Kier alpha value is -1.98. The molecule has 134 valence electrons. The van der Waals surface area contributed by atoms with E-state index in [2.05, 4.69) is 23.6 Å². The van der Waals surface area contributed by atoms with Gasteiger partial charge in [-0.2, -0.15) is 0 Å². The first-order valence-corrected chi connectivity index (χ1v) is 9.40. The number of methoxy groups -OCH3 is 1. The molecule has 0 spiro atoms. The van der Waals surface area contributed by atoms with Crippen molar-refractivity contribution in [2.45, 2.75) is 25.3 Å². The molecule has 25 heavy (non-hydrogen) atoms. The number of carbonyl (C=O) groups is 1. The van der Waals surface area contributed by atoms with Crippen LogP contribution in [0.4, 0.5) is 5.69 Å². The van der Waals surface area contributed by atoms with Crippen molar-refractivity contribution in [1.29, 1.82) is 0 Å². The zero-order chi connectivity index (χ0) is 18.1. The van der Waals surface area contributed by atoms with Crippen molar-refractivity contribution in [2.75, 3.05) is 24.7 Å². The van der Waals surface area contributed by atoms with Crippen LogP contribution in [0, 0.1) is 5.92 Å². The number of benzene rings is 2. The molecular formula is C20H26N2O2S. The van der Waals surface area contributed by atoms with Crippen LogP contribution in [0.1, 0.15) is 19.4 Å². The molecule has 0 saturated heterocycles. The van der Waals surface area contributed by atoms with Gasteiger partial charge in [-0.05, 0) is 42.3 Å². The highest BCUT2D eigenvalue weighted by Gasteiger charge is 2.07. The number of nitrogens with one attached hydrogen (secondary N) is 2. The van der Waals surface area contributed by atoms with Crippen LogP contribution in [0.5, 0.6) is 5.75 Å². The molecule has 1 unspecified atom stereocenters. The number of ether oxygens (including phenoxy) is 1. The SMILES string of the molecule is COc1ccccc1SCC(C)CNCc1ccc(NC(C)=O)cc1. The molecule has 0 aliphatic heterocycles. The molecule has 4 nitrogen and oxygen atoms in total. The van der Waals surface area contributed by atoms with Gasteiger partial charge in [-0.15, -0.1) is 11.8 Å². The van der Waals surface area contributed by atoms with Gasteiger partial charge in [0.25, 0.3) is 0 Å². The van der Waals surface area contributed by atoms with Crippen LogP contribution >= 0.6 is 11.8 Å². The first-order chi connectivity index (χ1) is 12.1. The smallest absolute Gasteiger partial charge is 0.221 e. The lowest BCUT2D eigenvalue weighted by molar-refractivity contribution is -0.114. The number of hydrogen-bond acceptors (Lipinski definition) is 4. The molecule has 2 N–H and O–H groups in total. The molecule has 0 radical (unpaired) electrons. The molecule has 2 rings (SSSR count). The molecular weight excluding hydrogens is 332 g/mol. The molecule has 0 heterocycles. The summed E-state index contributed by atoms with van der Waals surface area (Å²) < 4.78 is 5.39. The van der Waals surface area contributed by atoms with Crippen molar-refractivity contribution in [2.24, 2.45) is 5.92 Å². The third-order valence-electron chi connectivity index (χ3n) is 3.69. The van der Waals surface area contributed by atoms with Crippen molar-refractivity contribution >= 4 is 23.4 Å². The number of para-hydroxylation sites is 1. The van der Waals surface area contributed by atoms with E-state index < -0.39 is 0 Å². The van der Waals surface area contributed by atoms with E-state index >= 15 is 0 Å². The van der Waals surface area contributed by atoms with Gasteiger partial charge in [-0.25, -0.2) is 0 Å². The van der Waals surface area contributed by atoms with E-state index in [9.17, 15) is 4.79 Å². The Kier molecular flexibility index (Phi) is 7.82. The number of carbonyl (C=O) groups excluding carboxylic acids is 1. The van der Waals surface area contributed by atoms with Crippen molar-refractivity contribution < 1.29 is 9.53 Å². The van der Waals surface area contributed by atoms with E-state index in [1.807, 2.05) is 54.2 Å². The number of hydrogen-bond donors (Lipinski definition) is 2. The lowest BCUT2D eigenvalue weighted by atomic mass is 10.2. The molecule has 0 bridgehead atoms. The maximum atomic E-state index is 11.0. The largest absolute Gasteiger partial charge is 0.496 e. The Morgan fingerprint density at radius 2 is 1.88 bits per heavy atom. The van der Waals surface area contributed by atoms with E-state index in [0.717, 1.165) is 30.3 Å². The Morgan fingerprint density at radius 3 is 2.56 bits per heavy atom. The Balaban J connectivity index is 1.71. The zero-order valence-electron chi connectivity index (χ0n) is 15.0. The summed E-state index contributed by atoms with van der Waals surface area (Å²) in [4.78, 5) is 12.2. The van der Waals surface area contributed by atoms with Crippen LogP contribution < -0.4 is 15.4 Å². The summed E-state index contributed by atoms with van der Waals surface area (Å²) in [5, 5.41) is 6.27. The van der Waals surface area contributed by atoms with E-state index in [4.69, 9.17) is 4.74 Å². The van der Waals surface area contributed by atoms with Crippen LogP contribution in [0.3, 0.4) is 0 Å². The first kappa shape index (κ1) is 19.3. The molecule has 1 atom stereocenters. The summed E-state index contributed by atoms with van der Waals surface area (Å²) in [6.07, 6.45) is 0. The maximum Gasteiger partial charge on any atom is 0.221 e. The van der Waals surface area contributed by atoms with E-state index in [1.54, 1.807) is 7.11 Å². The summed E-state index contributed by atoms with van der Waals surface area (Å²) in [6, 6.07) is 16.1. The average molecular weight is 359 g/mol. The Bertz CT molecular complexity index is 674. The molecule has 2 aromatic rings. The second kappa shape index (κ2) is 10.1. The van der Waals surface area contributed by atoms with Gasteiger partial charge in [0.2, 0.25) is 5.91 Å². The van der Waals surface area contributed by atoms with Gasteiger partial charge in [0.15, 0.2) is 0 Å². The molecule has 5 heteroatoms. The standard InChI is InChI=1S/C20H26N2O2S/c1-15(14-25-20-7-5-4-6-19(20)24-3)12-21-13-17-8-10-18(11-9-17)22-16(2)23/h4-11,15,21H,12-14H2,1-3H3,(H,22,23). The fourth-order valence-electron chi connectivity index (χ4n) is 2.40. The highest BCUT2D eigenvalue weighted by Crippen LogP contribution is 2.29. The molecule has 0 fully saturated rings. The van der Waals surface area contributed by atoms with Crippen LogP contribution in [-0.4, -0.2) is 25.3 Å². The van der Waals surface area contributed by atoms with E-state index in [-0.39, 0.29) is 5.91 Å². The number of thioether (sulfide) groups is 1. The van der Waals surface area contributed by atoms with E-state index in [1.165, 1.54) is 17.4 Å². The quantitative estimate of drug-likeness (QED) is 0.661. The van der Waals surface area contributed by atoms with Gasteiger partial charge in [0.1, 0.15) is 5.75 Å². The minimum Gasteiger partial charge on any atom is -0.496 e. The minimum absolute atomic E-state index is 0.0488. The lowest BCUT2D eigenvalue weighted by Crippen LogP contribution is -2.22. The third-order valence-corrected chi connectivity index (χ3v) is 5.07. The normalized spacial score (nSPS) is 11.8. The topological polar surface area (TPSA) is 50.4 Å². The van der Waals surface area contributed by atoms with Crippen molar-refractivity contribution in [3.05, 3.63) is 54.1 Å². The highest BCUT2D eigenvalue weighted by molar-refractivity contribution is 7.99. The minimum atomic E-state index is -0.0488. The van der Waals surface area contributed by atoms with Gasteiger partial charge in [0.05, 0.1) is 7.11 Å². The summed E-state index contributed by atoms with van der Waals surface area (Å²) in [6.45, 7) is 5.54. The first-order valence-electron chi connectivity index (χ1n) is 8.41. The number of rotatable bonds is 9. The molecule has 2 aromatic carbocycles. The Labute approximate surface area is 154 Å². The lowest BCUT2D eigenvalue weighted by Gasteiger charge is -2.14. The van der Waals surface area contributed by atoms with Gasteiger partial charge in [-0.3, -0.25) is 4.79 Å². The van der Waals surface area contributed by atoms with Crippen LogP contribution in [0.15, 0.2) is 53.4 Å². The fourth-order valence-corrected chi connectivity index (χ4v) is 3.45. The van der Waals surface area contributed by atoms with Crippen molar-refractivity contribution in [3.8, 4) is 5.75 Å². The van der Waals surface area contributed by atoms with Crippen LogP contribution in [0.2, 0.25) is 0 Å². The fraction of sp³-hybridized carbons (Fsp3) is 0.350. The van der Waals surface area contributed by atoms with Crippen LogP contribution in [0.25, 0.3) is 0 Å². The van der Waals surface area contributed by atoms with Gasteiger partial charge < -0.3 is 15.4 Å². The Morgan fingerprint density at radius 1 is 1.16 bits per heavy atom.